The summed E-state index contributed by atoms with van der Waals surface area (Å²) in [6.45, 7) is 2.08. The first-order valence-corrected chi connectivity index (χ1v) is 7.56. The van der Waals surface area contributed by atoms with Crippen molar-refractivity contribution in [2.75, 3.05) is 6.61 Å². The minimum Gasteiger partial charge on any atom is -0.464 e. The molecule has 0 spiro atoms. The molecule has 2 aromatic rings. The van der Waals surface area contributed by atoms with Crippen LogP contribution in [0.25, 0.3) is 11.1 Å². The molecule has 2 aromatic carbocycles. The number of aldehydes is 1. The van der Waals surface area contributed by atoms with Crippen LogP contribution in [0.4, 0.5) is 0 Å². The van der Waals surface area contributed by atoms with Gasteiger partial charge in [0, 0.05) is 5.92 Å². The summed E-state index contributed by atoms with van der Waals surface area (Å²) >= 11 is 0. The summed E-state index contributed by atoms with van der Waals surface area (Å²) in [6, 6.07) is 16.4. The maximum atomic E-state index is 11.9. The Bertz CT molecular complexity index is 660. The van der Waals surface area contributed by atoms with E-state index < -0.39 is 11.9 Å². The van der Waals surface area contributed by atoms with Gasteiger partial charge in [0.15, 0.2) is 0 Å². The SMILES string of the molecule is CCC(C=O)C(=O)OCC1c2ccccc2-c2ccccc21. The number of fused-ring (bicyclic) bond motifs is 3. The van der Waals surface area contributed by atoms with E-state index in [0.29, 0.717) is 12.7 Å². The topological polar surface area (TPSA) is 43.4 Å². The molecule has 3 rings (SSSR count). The molecule has 0 saturated heterocycles. The van der Waals surface area contributed by atoms with Gasteiger partial charge < -0.3 is 9.53 Å². The molecule has 0 bridgehead atoms. The van der Waals surface area contributed by atoms with E-state index in [0.717, 1.165) is 0 Å². The highest BCUT2D eigenvalue weighted by molar-refractivity contribution is 5.87. The monoisotopic (exact) mass is 294 g/mol. The fraction of sp³-hybridized carbons (Fsp3) is 0.263. The summed E-state index contributed by atoms with van der Waals surface area (Å²) in [5.74, 6) is -1.05. The summed E-state index contributed by atoms with van der Waals surface area (Å²) in [5, 5.41) is 0. The second-order valence-corrected chi connectivity index (χ2v) is 5.51. The standard InChI is InChI=1S/C19H18O3/c1-2-13(11-20)19(21)22-12-18-16-9-5-3-7-14(16)15-8-4-6-10-17(15)18/h3-11,13,18H,2,12H2,1H3. The number of esters is 1. The average molecular weight is 294 g/mol. The zero-order chi connectivity index (χ0) is 15.5. The molecule has 22 heavy (non-hydrogen) atoms. The highest BCUT2D eigenvalue weighted by Gasteiger charge is 2.29. The Morgan fingerprint density at radius 1 is 1.09 bits per heavy atom. The molecule has 3 heteroatoms. The van der Waals surface area contributed by atoms with Crippen LogP contribution in [0.15, 0.2) is 48.5 Å². The first-order valence-electron chi connectivity index (χ1n) is 7.56. The first-order chi connectivity index (χ1) is 10.8. The van der Waals surface area contributed by atoms with Gasteiger partial charge in [0.1, 0.15) is 18.8 Å². The average Bonchev–Trinajstić information content (AvgIpc) is 2.88. The van der Waals surface area contributed by atoms with Crippen LogP contribution in [0, 0.1) is 5.92 Å². The van der Waals surface area contributed by atoms with E-state index in [9.17, 15) is 9.59 Å². The summed E-state index contributed by atoms with van der Waals surface area (Å²) in [6.07, 6.45) is 1.14. The van der Waals surface area contributed by atoms with Gasteiger partial charge in [0.25, 0.3) is 0 Å². The minimum absolute atomic E-state index is 0.0421. The van der Waals surface area contributed by atoms with Crippen LogP contribution in [0.5, 0.6) is 0 Å². The van der Waals surface area contributed by atoms with Gasteiger partial charge in [-0.2, -0.15) is 0 Å². The second kappa shape index (κ2) is 6.14. The van der Waals surface area contributed by atoms with E-state index in [-0.39, 0.29) is 12.5 Å². The third-order valence-corrected chi connectivity index (χ3v) is 4.26. The zero-order valence-electron chi connectivity index (χ0n) is 12.5. The van der Waals surface area contributed by atoms with E-state index >= 15 is 0 Å². The number of hydrogen-bond donors (Lipinski definition) is 0. The minimum atomic E-state index is -0.660. The number of ether oxygens (including phenoxy) is 1. The molecule has 0 aromatic heterocycles. The lowest BCUT2D eigenvalue weighted by molar-refractivity contribution is -0.150. The van der Waals surface area contributed by atoms with Gasteiger partial charge in [-0.25, -0.2) is 0 Å². The molecule has 1 aliphatic carbocycles. The third kappa shape index (κ3) is 2.43. The van der Waals surface area contributed by atoms with Gasteiger partial charge in [-0.1, -0.05) is 55.5 Å². The molecule has 0 aliphatic heterocycles. The number of carbonyl (C=O) groups excluding carboxylic acids is 2. The molecule has 0 fully saturated rings. The predicted molar refractivity (Wildman–Crippen MR) is 84.5 cm³/mol. The quantitative estimate of drug-likeness (QED) is 0.481. The molecule has 0 radical (unpaired) electrons. The molecule has 1 aliphatic rings. The van der Waals surface area contributed by atoms with Crippen LogP contribution >= 0.6 is 0 Å². The molecule has 0 amide bonds. The first kappa shape index (κ1) is 14.5. The summed E-state index contributed by atoms with van der Waals surface area (Å²) in [4.78, 5) is 22.8. The van der Waals surface area contributed by atoms with E-state index in [1.807, 2.05) is 24.3 Å². The van der Waals surface area contributed by atoms with Crippen LogP contribution in [0.3, 0.4) is 0 Å². The predicted octanol–water partition coefficient (Wildman–Crippen LogP) is 3.57. The van der Waals surface area contributed by atoms with Crippen LogP contribution in [-0.4, -0.2) is 18.9 Å². The molecule has 0 saturated carbocycles. The molecule has 112 valence electrons. The van der Waals surface area contributed by atoms with Crippen molar-refractivity contribution in [2.24, 2.45) is 5.92 Å². The second-order valence-electron chi connectivity index (χ2n) is 5.51. The fourth-order valence-corrected chi connectivity index (χ4v) is 3.03. The number of rotatable bonds is 5. The van der Waals surface area contributed by atoms with Crippen molar-refractivity contribution in [1.29, 1.82) is 0 Å². The smallest absolute Gasteiger partial charge is 0.316 e. The lowest BCUT2D eigenvalue weighted by Gasteiger charge is -2.15. The zero-order valence-corrected chi connectivity index (χ0v) is 12.5. The van der Waals surface area contributed by atoms with E-state index in [1.54, 1.807) is 6.92 Å². The van der Waals surface area contributed by atoms with E-state index in [4.69, 9.17) is 4.74 Å². The molecule has 3 nitrogen and oxygen atoms in total. The van der Waals surface area contributed by atoms with Gasteiger partial charge in [-0.15, -0.1) is 0 Å². The largest absolute Gasteiger partial charge is 0.464 e. The van der Waals surface area contributed by atoms with Crippen LogP contribution in [-0.2, 0) is 14.3 Å². The number of hydrogen-bond acceptors (Lipinski definition) is 3. The Morgan fingerprint density at radius 3 is 2.14 bits per heavy atom. The highest BCUT2D eigenvalue weighted by atomic mass is 16.5. The van der Waals surface area contributed by atoms with Crippen LogP contribution in [0.2, 0.25) is 0 Å². The van der Waals surface area contributed by atoms with Crippen molar-refractivity contribution in [3.8, 4) is 11.1 Å². The van der Waals surface area contributed by atoms with Gasteiger partial charge in [0.05, 0.1) is 0 Å². The van der Waals surface area contributed by atoms with Gasteiger partial charge >= 0.3 is 5.97 Å². The van der Waals surface area contributed by atoms with Crippen molar-refractivity contribution in [3.05, 3.63) is 59.7 Å². The molecule has 1 atom stereocenters. The van der Waals surface area contributed by atoms with Gasteiger partial charge in [-0.05, 0) is 28.7 Å². The summed E-state index contributed by atoms with van der Waals surface area (Å²) in [5.41, 5.74) is 4.74. The van der Waals surface area contributed by atoms with Gasteiger partial charge in [0.2, 0.25) is 0 Å². The molecule has 0 heterocycles. The van der Waals surface area contributed by atoms with Gasteiger partial charge in [-0.3, -0.25) is 4.79 Å². The van der Waals surface area contributed by atoms with Crippen molar-refractivity contribution in [3.63, 3.8) is 0 Å². The molecular formula is C19H18O3. The molecular weight excluding hydrogens is 276 g/mol. The third-order valence-electron chi connectivity index (χ3n) is 4.26. The normalized spacial score (nSPS) is 14.0. The van der Waals surface area contributed by atoms with E-state index in [1.165, 1.54) is 22.3 Å². The van der Waals surface area contributed by atoms with Crippen molar-refractivity contribution >= 4 is 12.3 Å². The summed E-state index contributed by atoms with van der Waals surface area (Å²) in [7, 11) is 0. The highest BCUT2D eigenvalue weighted by Crippen LogP contribution is 2.44. The Morgan fingerprint density at radius 2 is 1.64 bits per heavy atom. The lowest BCUT2D eigenvalue weighted by atomic mass is 9.98. The van der Waals surface area contributed by atoms with Crippen molar-refractivity contribution < 1.29 is 14.3 Å². The number of benzene rings is 2. The van der Waals surface area contributed by atoms with Crippen molar-refractivity contribution in [1.82, 2.24) is 0 Å². The lowest BCUT2D eigenvalue weighted by Crippen LogP contribution is -2.21. The maximum absolute atomic E-state index is 11.9. The van der Waals surface area contributed by atoms with Crippen LogP contribution < -0.4 is 0 Å². The molecule has 0 N–H and O–H groups in total. The molecule has 1 unspecified atom stereocenters. The maximum Gasteiger partial charge on any atom is 0.316 e. The Kier molecular flexibility index (Phi) is 4.05. The fourth-order valence-electron chi connectivity index (χ4n) is 3.03. The van der Waals surface area contributed by atoms with Crippen LogP contribution in [0.1, 0.15) is 30.4 Å². The Balaban J connectivity index is 1.85. The summed E-state index contributed by atoms with van der Waals surface area (Å²) < 4.78 is 5.41. The van der Waals surface area contributed by atoms with E-state index in [2.05, 4.69) is 24.3 Å². The van der Waals surface area contributed by atoms with Crippen molar-refractivity contribution in [2.45, 2.75) is 19.3 Å². The Labute approximate surface area is 129 Å². The number of carbonyl (C=O) groups is 2. The Hall–Kier alpha value is -2.42.